The summed E-state index contributed by atoms with van der Waals surface area (Å²) in [4.78, 5) is 11.5. The highest BCUT2D eigenvalue weighted by atomic mass is 32.2. The molecule has 2 heterocycles. The van der Waals surface area contributed by atoms with Crippen LogP contribution >= 0.6 is 23.1 Å². The summed E-state index contributed by atoms with van der Waals surface area (Å²) in [6.07, 6.45) is 0. The Labute approximate surface area is 121 Å². The van der Waals surface area contributed by atoms with E-state index in [9.17, 15) is 0 Å². The van der Waals surface area contributed by atoms with Crippen molar-refractivity contribution in [3.63, 3.8) is 0 Å². The van der Waals surface area contributed by atoms with E-state index in [4.69, 9.17) is 10.5 Å². The molecule has 104 valence electrons. The summed E-state index contributed by atoms with van der Waals surface area (Å²) in [5.41, 5.74) is 6.68. The van der Waals surface area contributed by atoms with Crippen molar-refractivity contribution in [2.45, 2.75) is 25.8 Å². The number of nitrogens with two attached hydrogens (primary N) is 1. The standard InChI is InChI=1S/C13H19N3OS2/c1-8-9(2)19-13-11(8)12(15-10(3)16-13)18-7-6-17-5-4-14/h4-7,14H2,1-3H3. The molecule has 0 radical (unpaired) electrons. The molecule has 2 rings (SSSR count). The molecule has 2 N–H and O–H groups in total. The number of rotatable bonds is 6. The van der Waals surface area contributed by atoms with Crippen molar-refractivity contribution in [1.29, 1.82) is 0 Å². The Morgan fingerprint density at radius 2 is 2.00 bits per heavy atom. The number of aryl methyl sites for hydroxylation is 3. The SMILES string of the molecule is Cc1nc(SCCOCCN)c2c(C)c(C)sc2n1. The van der Waals surface area contributed by atoms with Gasteiger partial charge in [-0.3, -0.25) is 0 Å². The molecule has 6 heteroatoms. The first kappa shape index (κ1) is 14.7. The zero-order chi connectivity index (χ0) is 13.8. The van der Waals surface area contributed by atoms with Crippen molar-refractivity contribution in [3.05, 3.63) is 16.3 Å². The van der Waals surface area contributed by atoms with Crippen LogP contribution in [0.3, 0.4) is 0 Å². The summed E-state index contributed by atoms with van der Waals surface area (Å²) >= 11 is 3.47. The molecule has 0 aromatic carbocycles. The molecule has 2 aromatic rings. The van der Waals surface area contributed by atoms with Crippen LogP contribution in [0.2, 0.25) is 0 Å². The quantitative estimate of drug-likeness (QED) is 0.504. The molecule has 19 heavy (non-hydrogen) atoms. The van der Waals surface area contributed by atoms with E-state index in [0.717, 1.165) is 21.4 Å². The minimum atomic E-state index is 0.574. The first-order valence-corrected chi connectivity index (χ1v) is 8.08. The van der Waals surface area contributed by atoms with E-state index in [-0.39, 0.29) is 0 Å². The molecule has 0 aliphatic heterocycles. The van der Waals surface area contributed by atoms with Gasteiger partial charge in [-0.1, -0.05) is 0 Å². The average Bonchev–Trinajstić information content (AvgIpc) is 2.64. The van der Waals surface area contributed by atoms with Gasteiger partial charge in [0.2, 0.25) is 0 Å². The Balaban J connectivity index is 2.17. The first-order chi connectivity index (χ1) is 9.13. The minimum Gasteiger partial charge on any atom is -0.379 e. The second kappa shape index (κ2) is 6.65. The molecule has 0 amide bonds. The van der Waals surface area contributed by atoms with Crippen LogP contribution in [-0.2, 0) is 4.74 Å². The number of thiophene rings is 1. The summed E-state index contributed by atoms with van der Waals surface area (Å²) in [5.74, 6) is 1.72. The van der Waals surface area contributed by atoms with Gasteiger partial charge in [-0.15, -0.1) is 23.1 Å². The topological polar surface area (TPSA) is 61.0 Å². The largest absolute Gasteiger partial charge is 0.379 e. The van der Waals surface area contributed by atoms with Gasteiger partial charge in [0.1, 0.15) is 15.7 Å². The fourth-order valence-electron chi connectivity index (χ4n) is 1.80. The maximum atomic E-state index is 5.40. The summed E-state index contributed by atoms with van der Waals surface area (Å²) < 4.78 is 5.40. The van der Waals surface area contributed by atoms with Gasteiger partial charge in [0, 0.05) is 22.6 Å². The van der Waals surface area contributed by atoms with E-state index in [1.54, 1.807) is 23.1 Å². The van der Waals surface area contributed by atoms with Gasteiger partial charge in [0.05, 0.1) is 13.2 Å². The van der Waals surface area contributed by atoms with Crippen LogP contribution in [-0.4, -0.2) is 35.5 Å². The van der Waals surface area contributed by atoms with Crippen LogP contribution in [0.25, 0.3) is 10.2 Å². The summed E-state index contributed by atoms with van der Waals surface area (Å²) in [6, 6.07) is 0. The van der Waals surface area contributed by atoms with Crippen molar-refractivity contribution in [2.75, 3.05) is 25.5 Å². The number of fused-ring (bicyclic) bond motifs is 1. The Kier molecular flexibility index (Phi) is 5.15. The molecule has 0 unspecified atom stereocenters. The zero-order valence-electron chi connectivity index (χ0n) is 11.5. The van der Waals surface area contributed by atoms with E-state index in [2.05, 4.69) is 23.8 Å². The number of ether oxygens (including phenoxy) is 1. The molecule has 2 aromatic heterocycles. The molecule has 0 bridgehead atoms. The Bertz CT molecular complexity index is 569. The minimum absolute atomic E-state index is 0.574. The molecular formula is C13H19N3OS2. The van der Waals surface area contributed by atoms with Gasteiger partial charge in [-0.2, -0.15) is 0 Å². The van der Waals surface area contributed by atoms with Gasteiger partial charge < -0.3 is 10.5 Å². The van der Waals surface area contributed by atoms with Crippen LogP contribution in [0.1, 0.15) is 16.3 Å². The molecular weight excluding hydrogens is 278 g/mol. The van der Waals surface area contributed by atoms with Crippen molar-refractivity contribution in [1.82, 2.24) is 9.97 Å². The third-order valence-electron chi connectivity index (χ3n) is 2.84. The molecule has 0 atom stereocenters. The zero-order valence-corrected chi connectivity index (χ0v) is 13.2. The van der Waals surface area contributed by atoms with Crippen LogP contribution in [0.15, 0.2) is 5.03 Å². The lowest BCUT2D eigenvalue weighted by molar-refractivity contribution is 0.158. The van der Waals surface area contributed by atoms with Crippen molar-refractivity contribution >= 4 is 33.3 Å². The monoisotopic (exact) mass is 297 g/mol. The summed E-state index contributed by atoms with van der Waals surface area (Å²) in [6.45, 7) is 8.12. The van der Waals surface area contributed by atoms with Gasteiger partial charge >= 0.3 is 0 Å². The van der Waals surface area contributed by atoms with Crippen molar-refractivity contribution in [2.24, 2.45) is 5.73 Å². The third-order valence-corrected chi connectivity index (χ3v) is 4.88. The summed E-state index contributed by atoms with van der Waals surface area (Å²) in [5, 5.41) is 2.28. The number of thioether (sulfide) groups is 1. The highest BCUT2D eigenvalue weighted by molar-refractivity contribution is 7.99. The molecule has 4 nitrogen and oxygen atoms in total. The van der Waals surface area contributed by atoms with Crippen molar-refractivity contribution in [3.8, 4) is 0 Å². The lowest BCUT2D eigenvalue weighted by Crippen LogP contribution is -2.09. The number of hydrogen-bond donors (Lipinski definition) is 1. The molecule has 0 aliphatic carbocycles. The lowest BCUT2D eigenvalue weighted by Gasteiger charge is -2.05. The third kappa shape index (κ3) is 3.45. The lowest BCUT2D eigenvalue weighted by atomic mass is 10.2. The second-order valence-corrected chi connectivity index (χ2v) is 6.58. The van der Waals surface area contributed by atoms with E-state index in [1.165, 1.54) is 15.8 Å². The smallest absolute Gasteiger partial charge is 0.128 e. The number of hydrogen-bond acceptors (Lipinski definition) is 6. The van der Waals surface area contributed by atoms with E-state index in [0.29, 0.717) is 19.8 Å². The van der Waals surface area contributed by atoms with Gasteiger partial charge in [-0.25, -0.2) is 9.97 Å². The van der Waals surface area contributed by atoms with Crippen LogP contribution in [0.4, 0.5) is 0 Å². The predicted octanol–water partition coefficient (Wildman–Crippen LogP) is 2.68. The highest BCUT2D eigenvalue weighted by Crippen LogP contribution is 2.34. The number of aromatic nitrogens is 2. The molecule has 0 aliphatic rings. The normalized spacial score (nSPS) is 11.4. The summed E-state index contributed by atoms with van der Waals surface area (Å²) in [7, 11) is 0. The molecule has 0 spiro atoms. The van der Waals surface area contributed by atoms with Gasteiger partial charge in [-0.05, 0) is 26.3 Å². The maximum Gasteiger partial charge on any atom is 0.128 e. The van der Waals surface area contributed by atoms with Gasteiger partial charge in [0.15, 0.2) is 0 Å². The average molecular weight is 297 g/mol. The predicted molar refractivity (Wildman–Crippen MR) is 82.2 cm³/mol. The molecule has 0 saturated heterocycles. The van der Waals surface area contributed by atoms with Crippen molar-refractivity contribution < 1.29 is 4.74 Å². The second-order valence-electron chi connectivity index (χ2n) is 4.29. The van der Waals surface area contributed by atoms with Crippen LogP contribution in [0.5, 0.6) is 0 Å². The Morgan fingerprint density at radius 1 is 1.21 bits per heavy atom. The molecule has 0 saturated carbocycles. The highest BCUT2D eigenvalue weighted by Gasteiger charge is 2.13. The molecule has 0 fully saturated rings. The first-order valence-electron chi connectivity index (χ1n) is 6.28. The van der Waals surface area contributed by atoms with Crippen LogP contribution in [0, 0.1) is 20.8 Å². The number of nitrogens with zero attached hydrogens (tertiary/aromatic N) is 2. The van der Waals surface area contributed by atoms with E-state index in [1.807, 2.05) is 6.92 Å². The van der Waals surface area contributed by atoms with E-state index >= 15 is 0 Å². The maximum absolute atomic E-state index is 5.40. The Morgan fingerprint density at radius 3 is 2.74 bits per heavy atom. The van der Waals surface area contributed by atoms with Crippen LogP contribution < -0.4 is 5.73 Å². The fourth-order valence-corrected chi connectivity index (χ4v) is 3.93. The Hall–Kier alpha value is -0.690. The van der Waals surface area contributed by atoms with Gasteiger partial charge in [0.25, 0.3) is 0 Å². The fraction of sp³-hybridized carbons (Fsp3) is 0.538. The van der Waals surface area contributed by atoms with E-state index < -0.39 is 0 Å².